The highest BCUT2D eigenvalue weighted by molar-refractivity contribution is 7.13. The molecule has 3 rings (SSSR count). The van der Waals surface area contributed by atoms with Gasteiger partial charge in [0, 0.05) is 19.0 Å². The molecule has 0 bridgehead atoms. The van der Waals surface area contributed by atoms with Crippen LogP contribution in [-0.4, -0.2) is 14.1 Å². The van der Waals surface area contributed by atoms with Crippen LogP contribution in [0.3, 0.4) is 0 Å². The van der Waals surface area contributed by atoms with Crippen molar-refractivity contribution in [1.82, 2.24) is 14.1 Å². The average molecular weight is 409 g/mol. The maximum Gasteiger partial charge on any atom is 0.332 e. The summed E-state index contributed by atoms with van der Waals surface area (Å²) >= 11 is 7.25. The van der Waals surface area contributed by atoms with Crippen molar-refractivity contribution in [2.75, 3.05) is 5.73 Å². The molecular formula is C18H18ClFN4O2S. The molecule has 142 valence electrons. The Morgan fingerprint density at radius 2 is 2.00 bits per heavy atom. The lowest BCUT2D eigenvalue weighted by Gasteiger charge is -2.15. The van der Waals surface area contributed by atoms with Gasteiger partial charge in [-0.25, -0.2) is 14.2 Å². The Kier molecular flexibility index (Phi) is 5.21. The zero-order chi connectivity index (χ0) is 19.9. The molecule has 9 heteroatoms. The first kappa shape index (κ1) is 19.3. The Bertz CT molecular complexity index is 1110. The summed E-state index contributed by atoms with van der Waals surface area (Å²) in [6.07, 6.45) is 0. The van der Waals surface area contributed by atoms with Crippen LogP contribution in [0, 0.1) is 11.7 Å². The Labute approximate surface area is 163 Å². The fourth-order valence-electron chi connectivity index (χ4n) is 2.77. The summed E-state index contributed by atoms with van der Waals surface area (Å²) in [5.41, 5.74) is 5.69. The lowest BCUT2D eigenvalue weighted by atomic mass is 10.2. The first-order valence-corrected chi connectivity index (χ1v) is 9.47. The molecule has 27 heavy (non-hydrogen) atoms. The Balaban J connectivity index is 2.22. The number of benzene rings is 1. The molecule has 0 saturated carbocycles. The SMILES string of the molecule is CC(C)Cn1c(N)c(-c2csc(-c3c(F)cccc3Cl)n2)c(=O)n(C)c1=O. The van der Waals surface area contributed by atoms with Gasteiger partial charge in [-0.05, 0) is 18.1 Å². The van der Waals surface area contributed by atoms with Crippen molar-refractivity contribution in [3.63, 3.8) is 0 Å². The summed E-state index contributed by atoms with van der Waals surface area (Å²) in [5.74, 6) is -0.305. The van der Waals surface area contributed by atoms with E-state index in [0.29, 0.717) is 11.6 Å². The van der Waals surface area contributed by atoms with Crippen molar-refractivity contribution in [2.24, 2.45) is 13.0 Å². The van der Waals surface area contributed by atoms with E-state index in [-0.39, 0.29) is 33.6 Å². The Hall–Kier alpha value is -2.45. The summed E-state index contributed by atoms with van der Waals surface area (Å²) in [6, 6.07) is 4.36. The van der Waals surface area contributed by atoms with E-state index in [1.807, 2.05) is 13.8 Å². The first-order valence-electron chi connectivity index (χ1n) is 8.22. The van der Waals surface area contributed by atoms with Crippen molar-refractivity contribution in [2.45, 2.75) is 20.4 Å². The highest BCUT2D eigenvalue weighted by Crippen LogP contribution is 2.35. The smallest absolute Gasteiger partial charge is 0.332 e. The molecule has 2 aromatic heterocycles. The Morgan fingerprint density at radius 3 is 2.63 bits per heavy atom. The number of nitrogens with two attached hydrogens (primary N) is 1. The predicted octanol–water partition coefficient (Wildman–Crippen LogP) is 3.37. The number of thiazole rings is 1. The second kappa shape index (κ2) is 7.28. The highest BCUT2D eigenvalue weighted by atomic mass is 35.5. The molecule has 0 unspecified atom stereocenters. The Morgan fingerprint density at radius 1 is 1.30 bits per heavy atom. The van der Waals surface area contributed by atoms with Crippen molar-refractivity contribution >= 4 is 28.8 Å². The molecule has 2 N–H and O–H groups in total. The number of anilines is 1. The van der Waals surface area contributed by atoms with E-state index in [1.54, 1.807) is 11.4 Å². The average Bonchev–Trinajstić information content (AvgIpc) is 3.06. The van der Waals surface area contributed by atoms with Crippen molar-refractivity contribution in [3.8, 4) is 21.8 Å². The van der Waals surface area contributed by atoms with Gasteiger partial charge in [-0.15, -0.1) is 11.3 Å². The van der Waals surface area contributed by atoms with Gasteiger partial charge in [0.15, 0.2) is 0 Å². The molecule has 0 saturated heterocycles. The van der Waals surface area contributed by atoms with E-state index >= 15 is 0 Å². The van der Waals surface area contributed by atoms with Gasteiger partial charge in [-0.2, -0.15) is 0 Å². The summed E-state index contributed by atoms with van der Waals surface area (Å²) in [6.45, 7) is 4.25. The largest absolute Gasteiger partial charge is 0.384 e. The van der Waals surface area contributed by atoms with E-state index in [4.69, 9.17) is 17.3 Å². The number of hydrogen-bond acceptors (Lipinski definition) is 5. The van der Waals surface area contributed by atoms with Crippen LogP contribution in [0.4, 0.5) is 10.2 Å². The molecule has 2 heterocycles. The van der Waals surface area contributed by atoms with Gasteiger partial charge in [0.1, 0.15) is 22.2 Å². The van der Waals surface area contributed by atoms with Crippen LogP contribution >= 0.6 is 22.9 Å². The number of nitrogens with zero attached hydrogens (tertiary/aromatic N) is 3. The quantitative estimate of drug-likeness (QED) is 0.717. The lowest BCUT2D eigenvalue weighted by Crippen LogP contribution is -2.41. The molecule has 0 amide bonds. The van der Waals surface area contributed by atoms with Gasteiger partial charge >= 0.3 is 5.69 Å². The number of nitrogen functional groups attached to an aromatic ring is 1. The molecular weight excluding hydrogens is 391 g/mol. The minimum atomic E-state index is -0.547. The van der Waals surface area contributed by atoms with Crippen LogP contribution < -0.4 is 17.0 Å². The molecule has 0 radical (unpaired) electrons. The van der Waals surface area contributed by atoms with Gasteiger partial charge < -0.3 is 5.73 Å². The topological polar surface area (TPSA) is 82.9 Å². The fraction of sp³-hybridized carbons (Fsp3) is 0.278. The third-order valence-electron chi connectivity index (χ3n) is 4.07. The summed E-state index contributed by atoms with van der Waals surface area (Å²) in [7, 11) is 1.39. The van der Waals surface area contributed by atoms with Gasteiger partial charge in [0.2, 0.25) is 0 Å². The molecule has 0 aliphatic carbocycles. The number of halogens is 2. The van der Waals surface area contributed by atoms with E-state index in [1.165, 1.54) is 23.7 Å². The maximum absolute atomic E-state index is 14.2. The summed E-state index contributed by atoms with van der Waals surface area (Å²) in [4.78, 5) is 29.4. The molecule has 6 nitrogen and oxygen atoms in total. The number of rotatable bonds is 4. The van der Waals surface area contributed by atoms with Crippen LogP contribution in [0.2, 0.25) is 5.02 Å². The molecule has 0 aliphatic heterocycles. The van der Waals surface area contributed by atoms with Gasteiger partial charge in [0.25, 0.3) is 5.56 Å². The maximum atomic E-state index is 14.2. The van der Waals surface area contributed by atoms with Gasteiger partial charge in [-0.1, -0.05) is 31.5 Å². The van der Waals surface area contributed by atoms with E-state index in [2.05, 4.69) is 4.98 Å². The zero-order valence-electron chi connectivity index (χ0n) is 15.0. The van der Waals surface area contributed by atoms with E-state index in [9.17, 15) is 14.0 Å². The lowest BCUT2D eigenvalue weighted by molar-refractivity contribution is 0.494. The van der Waals surface area contributed by atoms with Crippen LogP contribution in [-0.2, 0) is 13.6 Å². The second-order valence-corrected chi connectivity index (χ2v) is 7.81. The minimum absolute atomic E-state index is 0.0493. The summed E-state index contributed by atoms with van der Waals surface area (Å²) in [5, 5.41) is 2.16. The molecule has 0 aliphatic rings. The number of aromatic nitrogens is 3. The van der Waals surface area contributed by atoms with Crippen molar-refractivity contribution in [3.05, 3.63) is 55.3 Å². The van der Waals surface area contributed by atoms with Crippen LogP contribution in [0.25, 0.3) is 21.8 Å². The molecule has 3 aromatic rings. The molecule has 0 fully saturated rings. The van der Waals surface area contributed by atoms with Crippen molar-refractivity contribution in [1.29, 1.82) is 0 Å². The number of hydrogen-bond donors (Lipinski definition) is 1. The molecule has 0 atom stereocenters. The van der Waals surface area contributed by atoms with E-state index < -0.39 is 17.1 Å². The molecule has 1 aromatic carbocycles. The zero-order valence-corrected chi connectivity index (χ0v) is 16.6. The standard InChI is InChI=1S/C18H18ClFN4O2S/c1-9(2)7-24-15(21)14(17(25)23(3)18(24)26)12-8-27-16(22-12)13-10(19)5-4-6-11(13)20/h4-6,8-9H,7,21H2,1-3H3. The monoisotopic (exact) mass is 408 g/mol. The third kappa shape index (κ3) is 3.42. The highest BCUT2D eigenvalue weighted by Gasteiger charge is 2.21. The van der Waals surface area contributed by atoms with Crippen LogP contribution in [0.15, 0.2) is 33.2 Å². The first-order chi connectivity index (χ1) is 12.7. The predicted molar refractivity (Wildman–Crippen MR) is 107 cm³/mol. The van der Waals surface area contributed by atoms with Crippen LogP contribution in [0.5, 0.6) is 0 Å². The van der Waals surface area contributed by atoms with E-state index in [0.717, 1.165) is 15.9 Å². The van der Waals surface area contributed by atoms with Gasteiger partial charge in [0.05, 0.1) is 16.3 Å². The summed E-state index contributed by atoms with van der Waals surface area (Å²) < 4.78 is 16.5. The second-order valence-electron chi connectivity index (χ2n) is 6.55. The van der Waals surface area contributed by atoms with Gasteiger partial charge in [-0.3, -0.25) is 13.9 Å². The third-order valence-corrected chi connectivity index (χ3v) is 5.24. The minimum Gasteiger partial charge on any atom is -0.384 e. The normalized spacial score (nSPS) is 11.3. The fourth-order valence-corrected chi connectivity index (χ4v) is 3.95. The molecule has 0 spiro atoms. The van der Waals surface area contributed by atoms with Crippen LogP contribution in [0.1, 0.15) is 13.8 Å². The van der Waals surface area contributed by atoms with Crippen molar-refractivity contribution < 1.29 is 4.39 Å².